The molecule has 1 atom stereocenters. The van der Waals surface area contributed by atoms with Gasteiger partial charge in [-0.15, -0.1) is 11.3 Å². The first-order chi connectivity index (χ1) is 8.15. The van der Waals surface area contributed by atoms with Crippen molar-refractivity contribution in [1.29, 1.82) is 0 Å². The van der Waals surface area contributed by atoms with Crippen LogP contribution in [-0.2, 0) is 9.53 Å². The molecular formula is C12H20N2O2S. The van der Waals surface area contributed by atoms with Crippen LogP contribution in [0.3, 0.4) is 0 Å². The van der Waals surface area contributed by atoms with Crippen LogP contribution in [0.2, 0.25) is 0 Å². The first-order valence-corrected chi connectivity index (χ1v) is 6.61. The lowest BCUT2D eigenvalue weighted by Gasteiger charge is -2.17. The lowest BCUT2D eigenvalue weighted by molar-refractivity contribution is -0.145. The van der Waals surface area contributed by atoms with Crippen LogP contribution in [-0.4, -0.2) is 44.7 Å². The van der Waals surface area contributed by atoms with Gasteiger partial charge in [-0.3, -0.25) is 5.32 Å². The second-order valence-corrected chi connectivity index (χ2v) is 4.94. The second-order valence-electron chi connectivity index (χ2n) is 3.96. The van der Waals surface area contributed by atoms with E-state index in [1.807, 2.05) is 38.5 Å². The van der Waals surface area contributed by atoms with E-state index in [9.17, 15) is 4.79 Å². The Labute approximate surface area is 107 Å². The first kappa shape index (κ1) is 14.2. The highest BCUT2D eigenvalue weighted by Crippen LogP contribution is 2.20. The maximum atomic E-state index is 11.8. The van der Waals surface area contributed by atoms with Crippen LogP contribution in [0.4, 0.5) is 0 Å². The number of nitrogens with zero attached hydrogens (tertiary/aromatic N) is 1. The number of likely N-dealkylation sites (N-methyl/N-ethyl adjacent to an activating group) is 1. The number of thiophene rings is 1. The van der Waals surface area contributed by atoms with Crippen molar-refractivity contribution in [2.24, 2.45) is 0 Å². The summed E-state index contributed by atoms with van der Waals surface area (Å²) in [4.78, 5) is 14.9. The third kappa shape index (κ3) is 4.85. The van der Waals surface area contributed by atoms with Gasteiger partial charge >= 0.3 is 5.97 Å². The summed E-state index contributed by atoms with van der Waals surface area (Å²) in [6, 6.07) is 3.56. The van der Waals surface area contributed by atoms with Crippen LogP contribution >= 0.6 is 11.3 Å². The van der Waals surface area contributed by atoms with Crippen LogP contribution in [0.1, 0.15) is 17.8 Å². The van der Waals surface area contributed by atoms with Gasteiger partial charge in [0.2, 0.25) is 0 Å². The molecule has 0 saturated heterocycles. The van der Waals surface area contributed by atoms with E-state index in [-0.39, 0.29) is 12.0 Å². The van der Waals surface area contributed by atoms with Crippen molar-refractivity contribution in [1.82, 2.24) is 10.2 Å². The minimum atomic E-state index is -0.338. The fourth-order valence-corrected chi connectivity index (χ4v) is 2.20. The predicted octanol–water partition coefficient (Wildman–Crippen LogP) is 1.50. The summed E-state index contributed by atoms with van der Waals surface area (Å²) in [7, 11) is 4.01. The summed E-state index contributed by atoms with van der Waals surface area (Å²) >= 11 is 1.57. The van der Waals surface area contributed by atoms with E-state index in [4.69, 9.17) is 4.74 Å². The van der Waals surface area contributed by atoms with E-state index >= 15 is 0 Å². The third-order valence-corrected chi connectivity index (χ3v) is 3.19. The van der Waals surface area contributed by atoms with E-state index < -0.39 is 0 Å². The molecule has 0 radical (unpaired) electrons. The van der Waals surface area contributed by atoms with Crippen LogP contribution in [0.25, 0.3) is 0 Å². The minimum absolute atomic E-state index is 0.200. The predicted molar refractivity (Wildman–Crippen MR) is 70.2 cm³/mol. The van der Waals surface area contributed by atoms with E-state index in [1.54, 1.807) is 11.3 Å². The van der Waals surface area contributed by atoms with Crippen molar-refractivity contribution in [3.05, 3.63) is 22.4 Å². The van der Waals surface area contributed by atoms with Gasteiger partial charge in [0.15, 0.2) is 0 Å². The molecule has 0 aliphatic rings. The Morgan fingerprint density at radius 2 is 2.35 bits per heavy atom. The molecule has 1 unspecified atom stereocenters. The smallest absolute Gasteiger partial charge is 0.328 e. The van der Waals surface area contributed by atoms with E-state index in [0.29, 0.717) is 6.61 Å². The largest absolute Gasteiger partial charge is 0.465 e. The topological polar surface area (TPSA) is 41.6 Å². The molecule has 0 aromatic carbocycles. The van der Waals surface area contributed by atoms with Gasteiger partial charge in [-0.05, 0) is 32.5 Å². The number of carbonyl (C=O) groups is 1. The zero-order chi connectivity index (χ0) is 12.7. The number of esters is 1. The number of hydrogen-bond donors (Lipinski definition) is 1. The Balaban J connectivity index is 2.57. The van der Waals surface area contributed by atoms with Crippen LogP contribution < -0.4 is 5.32 Å². The van der Waals surface area contributed by atoms with Crippen molar-refractivity contribution in [2.45, 2.75) is 13.0 Å². The number of carbonyl (C=O) groups excluding carboxylic acids is 1. The SMILES string of the molecule is CCOC(=O)C(NCCN(C)C)c1cccs1. The first-order valence-electron chi connectivity index (χ1n) is 5.73. The molecule has 1 heterocycles. The average molecular weight is 256 g/mol. The van der Waals surface area contributed by atoms with Crippen molar-refractivity contribution in [3.63, 3.8) is 0 Å². The quantitative estimate of drug-likeness (QED) is 0.751. The van der Waals surface area contributed by atoms with Crippen molar-refractivity contribution >= 4 is 17.3 Å². The van der Waals surface area contributed by atoms with E-state index in [2.05, 4.69) is 10.2 Å². The van der Waals surface area contributed by atoms with Gasteiger partial charge in [0.05, 0.1) is 6.61 Å². The molecule has 0 spiro atoms. The molecule has 0 fully saturated rings. The highest BCUT2D eigenvalue weighted by atomic mass is 32.1. The summed E-state index contributed by atoms with van der Waals surface area (Å²) in [5.74, 6) is -0.200. The molecule has 1 rings (SSSR count). The molecule has 0 saturated carbocycles. The minimum Gasteiger partial charge on any atom is -0.465 e. The van der Waals surface area contributed by atoms with Crippen LogP contribution in [0.15, 0.2) is 17.5 Å². The van der Waals surface area contributed by atoms with Gasteiger partial charge in [0.1, 0.15) is 6.04 Å². The van der Waals surface area contributed by atoms with Gasteiger partial charge in [-0.2, -0.15) is 0 Å². The molecule has 1 aromatic heterocycles. The number of rotatable bonds is 7. The van der Waals surface area contributed by atoms with E-state index in [0.717, 1.165) is 18.0 Å². The Morgan fingerprint density at radius 3 is 2.88 bits per heavy atom. The average Bonchev–Trinajstić information content (AvgIpc) is 2.77. The maximum absolute atomic E-state index is 11.8. The number of ether oxygens (including phenoxy) is 1. The fourth-order valence-electron chi connectivity index (χ4n) is 1.41. The summed E-state index contributed by atoms with van der Waals surface area (Å²) in [6.07, 6.45) is 0. The Bertz CT molecular complexity index is 325. The lowest BCUT2D eigenvalue weighted by atomic mass is 10.2. The molecule has 0 amide bonds. The maximum Gasteiger partial charge on any atom is 0.328 e. The van der Waals surface area contributed by atoms with Crippen molar-refractivity contribution in [2.75, 3.05) is 33.8 Å². The highest BCUT2D eigenvalue weighted by Gasteiger charge is 2.21. The number of hydrogen-bond acceptors (Lipinski definition) is 5. The van der Waals surface area contributed by atoms with Crippen molar-refractivity contribution < 1.29 is 9.53 Å². The van der Waals surface area contributed by atoms with Crippen LogP contribution in [0, 0.1) is 0 Å². The summed E-state index contributed by atoms with van der Waals surface area (Å²) in [5.41, 5.74) is 0. The lowest BCUT2D eigenvalue weighted by Crippen LogP contribution is -2.34. The zero-order valence-corrected chi connectivity index (χ0v) is 11.4. The Kier molecular flexibility index (Phi) is 6.18. The summed E-state index contributed by atoms with van der Waals surface area (Å²) in [5, 5.41) is 5.20. The fraction of sp³-hybridized carbons (Fsp3) is 0.583. The van der Waals surface area contributed by atoms with Crippen molar-refractivity contribution in [3.8, 4) is 0 Å². The monoisotopic (exact) mass is 256 g/mol. The number of nitrogens with one attached hydrogen (secondary N) is 1. The Hall–Kier alpha value is -0.910. The standard InChI is InChI=1S/C12H20N2O2S/c1-4-16-12(15)11(10-6-5-9-17-10)13-7-8-14(2)3/h5-6,9,11,13H,4,7-8H2,1-3H3. The molecule has 0 aliphatic heterocycles. The molecule has 17 heavy (non-hydrogen) atoms. The molecule has 4 nitrogen and oxygen atoms in total. The zero-order valence-electron chi connectivity index (χ0n) is 10.6. The summed E-state index contributed by atoms with van der Waals surface area (Å²) < 4.78 is 5.08. The highest BCUT2D eigenvalue weighted by molar-refractivity contribution is 7.10. The van der Waals surface area contributed by atoms with Gasteiger partial charge in [0, 0.05) is 18.0 Å². The molecule has 5 heteroatoms. The van der Waals surface area contributed by atoms with E-state index in [1.165, 1.54) is 0 Å². The second kappa shape index (κ2) is 7.42. The normalized spacial score (nSPS) is 12.7. The third-order valence-electron chi connectivity index (χ3n) is 2.26. The van der Waals surface area contributed by atoms with Gasteiger partial charge in [-0.25, -0.2) is 4.79 Å². The van der Waals surface area contributed by atoms with Gasteiger partial charge < -0.3 is 9.64 Å². The molecule has 1 aromatic rings. The van der Waals surface area contributed by atoms with Gasteiger partial charge in [-0.1, -0.05) is 6.07 Å². The Morgan fingerprint density at radius 1 is 1.59 bits per heavy atom. The molecule has 96 valence electrons. The molecular weight excluding hydrogens is 236 g/mol. The summed E-state index contributed by atoms with van der Waals surface area (Å²) in [6.45, 7) is 3.88. The van der Waals surface area contributed by atoms with Gasteiger partial charge in [0.25, 0.3) is 0 Å². The molecule has 0 bridgehead atoms. The molecule has 0 aliphatic carbocycles. The van der Waals surface area contributed by atoms with Crippen LogP contribution in [0.5, 0.6) is 0 Å². The molecule has 1 N–H and O–H groups in total.